The number of hydrogen-bond donors (Lipinski definition) is 0. The van der Waals surface area contributed by atoms with Crippen LogP contribution in [0.25, 0.3) is 0 Å². The molecule has 0 bridgehead atoms. The summed E-state index contributed by atoms with van der Waals surface area (Å²) in [6.07, 6.45) is 8.54. The second-order valence-corrected chi connectivity index (χ2v) is 7.45. The van der Waals surface area contributed by atoms with Gasteiger partial charge in [-0.2, -0.15) is 0 Å². The highest BCUT2D eigenvalue weighted by molar-refractivity contribution is 5.95. The zero-order valence-electron chi connectivity index (χ0n) is 14.7. The third kappa shape index (κ3) is 3.24. The maximum atomic E-state index is 13.2. The van der Waals surface area contributed by atoms with Crippen molar-refractivity contribution >= 4 is 11.7 Å². The zero-order valence-corrected chi connectivity index (χ0v) is 14.7. The summed E-state index contributed by atoms with van der Waals surface area (Å²) in [5.74, 6) is 0.972. The number of carbonyl (C=O) groups is 2. The summed E-state index contributed by atoms with van der Waals surface area (Å²) in [5.41, 5.74) is 1.45. The van der Waals surface area contributed by atoms with Crippen molar-refractivity contribution in [2.75, 3.05) is 19.8 Å². The van der Waals surface area contributed by atoms with Crippen LogP contribution in [0.4, 0.5) is 0 Å². The minimum Gasteiger partial charge on any atom is -0.377 e. The predicted molar refractivity (Wildman–Crippen MR) is 90.4 cm³/mol. The Hall–Kier alpha value is -1.69. The fourth-order valence-corrected chi connectivity index (χ4v) is 4.49. The number of hydrogen-bond acceptors (Lipinski definition) is 5. The first-order valence-corrected chi connectivity index (χ1v) is 9.64. The standard InChI is InChI=1S/C19H26N2O4/c22-16-8-5-4-6-13(16)15-12-24-11-10-21(15)19(23)18-14-7-2-1-3-9-17(14)25-20-18/h13,15H,1-12H2. The van der Waals surface area contributed by atoms with E-state index < -0.39 is 0 Å². The first kappa shape index (κ1) is 16.8. The fraction of sp³-hybridized carbons (Fsp3) is 0.737. The van der Waals surface area contributed by atoms with Crippen molar-refractivity contribution < 1.29 is 18.8 Å². The van der Waals surface area contributed by atoms with Crippen LogP contribution in [0.1, 0.15) is 66.8 Å². The molecule has 2 unspecified atom stereocenters. The van der Waals surface area contributed by atoms with Gasteiger partial charge in [-0.25, -0.2) is 0 Å². The molecule has 136 valence electrons. The highest BCUT2D eigenvalue weighted by Crippen LogP contribution is 2.30. The Labute approximate surface area is 147 Å². The van der Waals surface area contributed by atoms with Gasteiger partial charge in [0.2, 0.25) is 0 Å². The van der Waals surface area contributed by atoms with Crippen LogP contribution in [0.15, 0.2) is 4.52 Å². The molecular weight excluding hydrogens is 320 g/mol. The largest absolute Gasteiger partial charge is 0.377 e. The van der Waals surface area contributed by atoms with Crippen LogP contribution in [0, 0.1) is 5.92 Å². The molecule has 6 nitrogen and oxygen atoms in total. The lowest BCUT2D eigenvalue weighted by Gasteiger charge is -2.40. The molecule has 1 aromatic heterocycles. The number of ether oxygens (including phenoxy) is 1. The molecule has 6 heteroatoms. The average Bonchev–Trinajstić information content (AvgIpc) is 2.90. The lowest BCUT2D eigenvalue weighted by molar-refractivity contribution is -0.129. The van der Waals surface area contributed by atoms with E-state index in [0.717, 1.165) is 62.7 Å². The van der Waals surface area contributed by atoms with E-state index in [1.54, 1.807) is 0 Å². The zero-order chi connectivity index (χ0) is 17.2. The Morgan fingerprint density at radius 2 is 1.92 bits per heavy atom. The van der Waals surface area contributed by atoms with Crippen LogP contribution in [-0.4, -0.2) is 47.5 Å². The number of nitrogens with zero attached hydrogens (tertiary/aromatic N) is 2. The molecule has 4 rings (SSSR count). The normalized spacial score (nSPS) is 27.7. The van der Waals surface area contributed by atoms with Crippen molar-refractivity contribution in [3.8, 4) is 0 Å². The Kier molecular flexibility index (Phi) is 4.88. The number of morpholine rings is 1. The van der Waals surface area contributed by atoms with Gasteiger partial charge in [-0.15, -0.1) is 0 Å². The highest BCUT2D eigenvalue weighted by atomic mass is 16.5. The molecule has 1 saturated carbocycles. The van der Waals surface area contributed by atoms with Crippen LogP contribution >= 0.6 is 0 Å². The lowest BCUT2D eigenvalue weighted by atomic mass is 9.82. The summed E-state index contributed by atoms with van der Waals surface area (Å²) in [6, 6.07) is -0.160. The molecule has 0 aromatic carbocycles. The molecule has 2 atom stereocenters. The van der Waals surface area contributed by atoms with Crippen LogP contribution in [-0.2, 0) is 22.4 Å². The first-order chi connectivity index (χ1) is 12.3. The van der Waals surface area contributed by atoms with Gasteiger partial charge in [0.1, 0.15) is 11.5 Å². The van der Waals surface area contributed by atoms with Gasteiger partial charge >= 0.3 is 0 Å². The van der Waals surface area contributed by atoms with E-state index in [0.29, 0.717) is 31.9 Å². The molecule has 1 aromatic rings. The lowest BCUT2D eigenvalue weighted by Crippen LogP contribution is -2.54. The van der Waals surface area contributed by atoms with Gasteiger partial charge in [-0.1, -0.05) is 18.0 Å². The van der Waals surface area contributed by atoms with Crippen LogP contribution in [0.2, 0.25) is 0 Å². The summed E-state index contributed by atoms with van der Waals surface area (Å²) >= 11 is 0. The predicted octanol–water partition coefficient (Wildman–Crippen LogP) is 2.54. The molecule has 1 saturated heterocycles. The molecule has 0 radical (unpaired) electrons. The van der Waals surface area contributed by atoms with Crippen molar-refractivity contribution in [1.82, 2.24) is 10.1 Å². The molecule has 0 spiro atoms. The van der Waals surface area contributed by atoms with Gasteiger partial charge < -0.3 is 14.2 Å². The number of ketones is 1. The van der Waals surface area contributed by atoms with Crippen LogP contribution in [0.5, 0.6) is 0 Å². The van der Waals surface area contributed by atoms with E-state index in [-0.39, 0.29) is 23.7 Å². The van der Waals surface area contributed by atoms with Crippen molar-refractivity contribution in [1.29, 1.82) is 0 Å². The summed E-state index contributed by atoms with van der Waals surface area (Å²) < 4.78 is 11.1. The van der Waals surface area contributed by atoms with E-state index in [9.17, 15) is 9.59 Å². The van der Waals surface area contributed by atoms with Gasteiger partial charge in [0.05, 0.1) is 19.3 Å². The van der Waals surface area contributed by atoms with E-state index in [1.807, 2.05) is 4.90 Å². The Bertz CT molecular complexity index is 654. The summed E-state index contributed by atoms with van der Waals surface area (Å²) in [7, 11) is 0. The maximum absolute atomic E-state index is 13.2. The van der Waals surface area contributed by atoms with Crippen LogP contribution in [0.3, 0.4) is 0 Å². The number of rotatable bonds is 2. The average molecular weight is 346 g/mol. The minimum absolute atomic E-state index is 0.0847. The Balaban J connectivity index is 1.59. The van der Waals surface area contributed by atoms with Crippen molar-refractivity contribution in [3.63, 3.8) is 0 Å². The Morgan fingerprint density at radius 1 is 1.08 bits per heavy atom. The van der Waals surface area contributed by atoms with E-state index in [4.69, 9.17) is 9.26 Å². The molecule has 2 heterocycles. The third-order valence-corrected chi connectivity index (χ3v) is 5.90. The van der Waals surface area contributed by atoms with E-state index in [1.165, 1.54) is 0 Å². The smallest absolute Gasteiger partial charge is 0.276 e. The molecule has 2 fully saturated rings. The quantitative estimate of drug-likeness (QED) is 0.770. The molecular formula is C19H26N2O4. The highest BCUT2D eigenvalue weighted by Gasteiger charge is 2.40. The monoisotopic (exact) mass is 346 g/mol. The second kappa shape index (κ2) is 7.28. The summed E-state index contributed by atoms with van der Waals surface area (Å²) in [6.45, 7) is 1.49. The summed E-state index contributed by atoms with van der Waals surface area (Å²) in [4.78, 5) is 27.5. The van der Waals surface area contributed by atoms with E-state index in [2.05, 4.69) is 5.16 Å². The Morgan fingerprint density at radius 3 is 2.80 bits per heavy atom. The van der Waals surface area contributed by atoms with Crippen LogP contribution < -0.4 is 0 Å². The van der Waals surface area contributed by atoms with Gasteiger partial charge in [-0.05, 0) is 32.1 Å². The third-order valence-electron chi connectivity index (χ3n) is 5.90. The molecule has 25 heavy (non-hydrogen) atoms. The molecule has 3 aliphatic rings. The number of carbonyl (C=O) groups excluding carboxylic acids is 2. The number of aromatic nitrogens is 1. The van der Waals surface area contributed by atoms with E-state index >= 15 is 0 Å². The number of aryl methyl sites for hydroxylation is 1. The topological polar surface area (TPSA) is 72.6 Å². The number of fused-ring (bicyclic) bond motifs is 1. The van der Waals surface area contributed by atoms with Crippen molar-refractivity contribution in [2.45, 2.75) is 63.8 Å². The molecule has 0 N–H and O–H groups in total. The molecule has 1 aliphatic heterocycles. The number of amides is 1. The second-order valence-electron chi connectivity index (χ2n) is 7.45. The number of Topliss-reactive ketones (excluding diaryl/α,β-unsaturated/α-hetero) is 1. The maximum Gasteiger partial charge on any atom is 0.276 e. The minimum atomic E-state index is -0.160. The van der Waals surface area contributed by atoms with Gasteiger partial charge in [-0.3, -0.25) is 9.59 Å². The first-order valence-electron chi connectivity index (χ1n) is 9.64. The fourth-order valence-electron chi connectivity index (χ4n) is 4.49. The molecule has 1 amide bonds. The molecule has 2 aliphatic carbocycles. The van der Waals surface area contributed by atoms with Crippen molar-refractivity contribution in [3.05, 3.63) is 17.0 Å². The summed E-state index contributed by atoms with van der Waals surface area (Å²) in [5, 5.41) is 4.12. The van der Waals surface area contributed by atoms with Gasteiger partial charge in [0.15, 0.2) is 5.69 Å². The van der Waals surface area contributed by atoms with Crippen molar-refractivity contribution in [2.24, 2.45) is 5.92 Å². The van der Waals surface area contributed by atoms with Gasteiger partial charge in [0.25, 0.3) is 5.91 Å². The SMILES string of the molecule is O=C1CCCCC1C1COCCN1C(=O)c1noc2c1CCCCC2. The van der Waals surface area contributed by atoms with Gasteiger partial charge in [0, 0.05) is 30.9 Å².